The van der Waals surface area contributed by atoms with E-state index in [1.165, 1.54) is 7.05 Å². The summed E-state index contributed by atoms with van der Waals surface area (Å²) in [6.45, 7) is 2.09. The Kier molecular flexibility index (Phi) is 6.33. The maximum Gasteiger partial charge on any atom is 0.182 e. The molecule has 10 heavy (non-hydrogen) atoms. The summed E-state index contributed by atoms with van der Waals surface area (Å²) in [6, 6.07) is 0. The summed E-state index contributed by atoms with van der Waals surface area (Å²) < 4.78 is 12.7. The van der Waals surface area contributed by atoms with E-state index in [2.05, 4.69) is 6.92 Å². The fourth-order valence-corrected chi connectivity index (χ4v) is 1.29. The molecule has 0 rings (SSSR count). The number of unbranched alkanes of at least 4 members (excludes halogenated alkanes) is 1. The highest BCUT2D eigenvalue weighted by Gasteiger charge is 2.08. The highest BCUT2D eigenvalue weighted by molar-refractivity contribution is 8.27. The van der Waals surface area contributed by atoms with Gasteiger partial charge in [0, 0.05) is 14.8 Å². The zero-order valence-electron chi connectivity index (χ0n) is 6.51. The number of halogens is 1. The normalized spacial score (nSPS) is 10.4. The molecule has 0 amide bonds. The largest absolute Gasteiger partial charge is 0.182 e. The molecule has 0 atom stereocenters. The quantitative estimate of drug-likeness (QED) is 0.342. The van der Waals surface area contributed by atoms with Gasteiger partial charge in [0.1, 0.15) is 0 Å². The van der Waals surface area contributed by atoms with Crippen molar-refractivity contribution in [3.05, 3.63) is 0 Å². The van der Waals surface area contributed by atoms with E-state index in [0.29, 0.717) is 4.53 Å². The Labute approximate surface area is 68.2 Å². The molecule has 0 aromatic heterocycles. The second kappa shape index (κ2) is 6.10. The number of nitrogens with zero attached hydrogens (tertiary/aromatic N) is 1. The maximum absolute atomic E-state index is 12.1. The van der Waals surface area contributed by atoms with Crippen molar-refractivity contribution in [2.75, 3.05) is 7.05 Å². The van der Waals surface area contributed by atoms with Crippen LogP contribution in [-0.4, -0.2) is 25.2 Å². The average molecular weight is 159 g/mol. The van der Waals surface area contributed by atoms with E-state index in [4.69, 9.17) is 7.74 Å². The second-order valence-electron chi connectivity index (χ2n) is 2.21. The molecule has 0 aromatic rings. The van der Waals surface area contributed by atoms with E-state index in [9.17, 15) is 4.48 Å². The topological polar surface area (TPSA) is 3.24 Å². The highest BCUT2D eigenvalue weighted by atomic mass is 32.2. The van der Waals surface area contributed by atoms with Gasteiger partial charge in [0.15, 0.2) is 5.88 Å². The van der Waals surface area contributed by atoms with E-state index in [1.807, 2.05) is 0 Å². The predicted molar refractivity (Wildman–Crippen MR) is 47.7 cm³/mol. The first-order valence-corrected chi connectivity index (χ1v) is 4.32. The van der Waals surface area contributed by atoms with Crippen LogP contribution in [0.5, 0.6) is 0 Å². The number of hydrogen-bond acceptors (Lipinski definition) is 2. The first-order valence-electron chi connectivity index (χ1n) is 3.48. The van der Waals surface area contributed by atoms with Crippen LogP contribution in [-0.2, 0) is 0 Å². The Bertz CT molecular complexity index is 84.0. The monoisotopic (exact) mass is 159 g/mol. The van der Waals surface area contributed by atoms with Gasteiger partial charge in [0.25, 0.3) is 0 Å². The van der Waals surface area contributed by atoms with Gasteiger partial charge in [0.2, 0.25) is 0 Å². The molecule has 0 N–H and O–H groups in total. The molecule has 2 radical (unpaired) electrons. The van der Waals surface area contributed by atoms with Gasteiger partial charge in [-0.05, 0) is 0 Å². The van der Waals surface area contributed by atoms with Crippen LogP contribution in [0, 0.1) is 0 Å². The number of rotatable bonds is 5. The summed E-state index contributed by atoms with van der Waals surface area (Å²) in [5, 5.41) is 0. The van der Waals surface area contributed by atoms with Crippen molar-refractivity contribution in [1.29, 1.82) is 0 Å². The molecule has 0 aliphatic rings. The third-order valence-corrected chi connectivity index (χ3v) is 1.92. The minimum absolute atomic E-state index is 0.0880. The van der Waals surface area contributed by atoms with Gasteiger partial charge in [-0.2, -0.15) is 0 Å². The molecule has 0 unspecified atom stereocenters. The Morgan fingerprint density at radius 3 is 2.70 bits per heavy atom. The lowest BCUT2D eigenvalue weighted by Crippen LogP contribution is -2.12. The Morgan fingerprint density at radius 1 is 1.70 bits per heavy atom. The molecule has 1 nitrogen and oxygen atoms in total. The van der Waals surface area contributed by atoms with Crippen LogP contribution in [0.3, 0.4) is 0 Å². The van der Waals surface area contributed by atoms with E-state index in [-0.39, 0.29) is 5.88 Å². The molecule has 0 saturated carbocycles. The Morgan fingerprint density at radius 2 is 2.30 bits per heavy atom. The third-order valence-electron chi connectivity index (χ3n) is 1.12. The van der Waals surface area contributed by atoms with Crippen molar-refractivity contribution in [2.45, 2.75) is 26.1 Å². The molecule has 5 heteroatoms. The standard InChI is InChI=1S/C5H12B2FNS/c1-3-4-5-7(6)10-9(2)8/h3-5H2,1-2H3. The van der Waals surface area contributed by atoms with Gasteiger partial charge in [-0.3, -0.25) is 0 Å². The summed E-state index contributed by atoms with van der Waals surface area (Å²) in [4.78, 5) is 0. The van der Waals surface area contributed by atoms with E-state index < -0.39 is 0 Å². The van der Waals surface area contributed by atoms with Crippen LogP contribution < -0.4 is 0 Å². The van der Waals surface area contributed by atoms with Crippen molar-refractivity contribution in [1.82, 2.24) is 4.53 Å². The smallest absolute Gasteiger partial charge is 0.124 e. The minimum atomic E-state index is -0.0880. The molecule has 0 spiro atoms. The van der Waals surface area contributed by atoms with Gasteiger partial charge in [0.05, 0.1) is 0 Å². The Hall–Kier alpha value is 0.370. The van der Waals surface area contributed by atoms with E-state index >= 15 is 0 Å². The summed E-state index contributed by atoms with van der Waals surface area (Å²) in [6.07, 6.45) is 3.07. The second-order valence-corrected chi connectivity index (χ2v) is 3.53. The highest BCUT2D eigenvalue weighted by Crippen LogP contribution is 2.14. The van der Waals surface area contributed by atoms with Crippen molar-refractivity contribution < 1.29 is 4.48 Å². The van der Waals surface area contributed by atoms with Gasteiger partial charge in [-0.25, -0.2) is 0 Å². The van der Waals surface area contributed by atoms with Crippen molar-refractivity contribution >= 4 is 25.4 Å². The fourth-order valence-electron chi connectivity index (χ4n) is 0.645. The molecule has 0 saturated heterocycles. The van der Waals surface area contributed by atoms with Gasteiger partial charge < -0.3 is 0 Å². The molecule has 0 fully saturated rings. The van der Waals surface area contributed by atoms with Crippen LogP contribution >= 0.6 is 11.8 Å². The molecule has 0 aliphatic carbocycles. The van der Waals surface area contributed by atoms with Gasteiger partial charge in [-0.1, -0.05) is 26.1 Å². The first-order chi connectivity index (χ1) is 4.66. The van der Waals surface area contributed by atoms with Crippen molar-refractivity contribution in [2.24, 2.45) is 0 Å². The van der Waals surface area contributed by atoms with E-state index in [1.54, 1.807) is 0 Å². The molecule has 0 aromatic carbocycles. The molecular weight excluding hydrogens is 147 g/mol. The lowest BCUT2D eigenvalue weighted by molar-refractivity contribution is 0.203. The van der Waals surface area contributed by atoms with Crippen LogP contribution in [0.4, 0.5) is 4.48 Å². The molecular formula is C5H12B2FNS. The predicted octanol–water partition coefficient (Wildman–Crippen LogP) is 1.91. The van der Waals surface area contributed by atoms with Crippen LogP contribution in [0.25, 0.3) is 0 Å². The summed E-state index contributed by atoms with van der Waals surface area (Å²) in [7, 11) is 6.90. The summed E-state index contributed by atoms with van der Waals surface area (Å²) in [5.41, 5.74) is 0. The fraction of sp³-hybridized carbons (Fsp3) is 1.00. The minimum Gasteiger partial charge on any atom is -0.124 e. The first kappa shape index (κ1) is 10.4. The zero-order chi connectivity index (χ0) is 7.98. The lowest BCUT2D eigenvalue weighted by atomic mass is 9.51. The SMILES string of the molecule is [B]B(CCCC)SN(C)F. The van der Waals surface area contributed by atoms with Crippen molar-refractivity contribution in [3.63, 3.8) is 0 Å². The van der Waals surface area contributed by atoms with Gasteiger partial charge >= 0.3 is 0 Å². The Balaban J connectivity index is 3.16. The summed E-state index contributed by atoms with van der Waals surface area (Å²) in [5.74, 6) is -0.0880. The van der Waals surface area contributed by atoms with Crippen LogP contribution in [0.1, 0.15) is 19.8 Å². The lowest BCUT2D eigenvalue weighted by Gasteiger charge is -2.09. The average Bonchev–Trinajstić information content (AvgIpc) is 1.82. The third kappa shape index (κ3) is 6.49. The van der Waals surface area contributed by atoms with E-state index in [0.717, 1.165) is 31.0 Å². The van der Waals surface area contributed by atoms with Crippen molar-refractivity contribution in [3.8, 4) is 0 Å². The molecule has 0 heterocycles. The zero-order valence-corrected chi connectivity index (χ0v) is 7.33. The maximum atomic E-state index is 12.1. The summed E-state index contributed by atoms with van der Waals surface area (Å²) >= 11 is 1.04. The van der Waals surface area contributed by atoms with Crippen LogP contribution in [0.15, 0.2) is 0 Å². The molecule has 56 valence electrons. The molecule has 0 aliphatic heterocycles. The molecule has 0 bridgehead atoms. The number of hydrogen-bond donors (Lipinski definition) is 0. The van der Waals surface area contributed by atoms with Crippen LogP contribution in [0.2, 0.25) is 6.32 Å². The van der Waals surface area contributed by atoms with Gasteiger partial charge in [-0.15, -0.1) is 20.8 Å².